The lowest BCUT2D eigenvalue weighted by Gasteiger charge is -2.25. The number of carbonyl (C=O) groups excluding carboxylic acids is 1. The van der Waals surface area contributed by atoms with Gasteiger partial charge >= 0.3 is 0 Å². The molecule has 0 spiro atoms. The molecule has 4 rings (SSSR count). The fraction of sp³-hybridized carbons (Fsp3) is 0.208. The van der Waals surface area contributed by atoms with Crippen LogP contribution < -0.4 is 19.7 Å². The highest BCUT2D eigenvalue weighted by molar-refractivity contribution is 5.94. The largest absolute Gasteiger partial charge is 0.454 e. The zero-order valence-electron chi connectivity index (χ0n) is 16.6. The summed E-state index contributed by atoms with van der Waals surface area (Å²) in [5.74, 6) is 1.50. The summed E-state index contributed by atoms with van der Waals surface area (Å²) in [4.78, 5) is 14.3. The van der Waals surface area contributed by atoms with E-state index in [1.807, 2.05) is 86.8 Å². The molecule has 0 aromatic heterocycles. The first-order chi connectivity index (χ1) is 14.1. The monoisotopic (exact) mass is 389 g/mol. The molecule has 1 heterocycles. The quantitative estimate of drug-likeness (QED) is 0.681. The summed E-state index contributed by atoms with van der Waals surface area (Å²) in [6, 6.07) is 23.4. The van der Waals surface area contributed by atoms with Crippen LogP contribution in [0.2, 0.25) is 0 Å². The number of carbonyl (C=O) groups is 1. The van der Waals surface area contributed by atoms with Crippen molar-refractivity contribution in [2.45, 2.75) is 19.5 Å². The molecule has 0 aliphatic carbocycles. The molecule has 1 aliphatic heterocycles. The molecule has 29 heavy (non-hydrogen) atoms. The van der Waals surface area contributed by atoms with Crippen molar-refractivity contribution in [3.63, 3.8) is 0 Å². The van der Waals surface area contributed by atoms with E-state index in [2.05, 4.69) is 5.32 Å². The second-order valence-corrected chi connectivity index (χ2v) is 7.41. The number of hydrogen-bond acceptors (Lipinski definition) is 3. The fourth-order valence-corrected chi connectivity index (χ4v) is 3.63. The minimum absolute atomic E-state index is 0.0294. The van der Waals surface area contributed by atoms with Crippen LogP contribution >= 0.6 is 0 Å². The molecule has 2 atom stereocenters. The molecule has 148 valence electrons. The van der Waals surface area contributed by atoms with E-state index in [-0.39, 0.29) is 18.7 Å². The Hall–Kier alpha value is -3.31. The van der Waals surface area contributed by atoms with Gasteiger partial charge in [0.2, 0.25) is 6.79 Å². The maximum Gasteiger partial charge on any atom is 0.287 e. The molecular formula is C24H25N2O3+. The molecule has 5 heteroatoms. The van der Waals surface area contributed by atoms with Crippen LogP contribution in [0, 0.1) is 6.92 Å². The smallest absolute Gasteiger partial charge is 0.287 e. The van der Waals surface area contributed by atoms with Crippen molar-refractivity contribution in [3.8, 4) is 11.5 Å². The number of rotatable bonds is 6. The lowest BCUT2D eigenvalue weighted by molar-refractivity contribution is -0.915. The van der Waals surface area contributed by atoms with Gasteiger partial charge in [-0.25, -0.2) is 0 Å². The van der Waals surface area contributed by atoms with Gasteiger partial charge in [0.15, 0.2) is 17.5 Å². The van der Waals surface area contributed by atoms with E-state index in [9.17, 15) is 4.79 Å². The van der Waals surface area contributed by atoms with Crippen molar-refractivity contribution in [1.29, 1.82) is 0 Å². The molecular weight excluding hydrogens is 364 g/mol. The van der Waals surface area contributed by atoms with E-state index in [0.29, 0.717) is 6.54 Å². The normalized spacial score (nSPS) is 14.3. The summed E-state index contributed by atoms with van der Waals surface area (Å²) in [6.07, 6.45) is 0. The first-order valence-electron chi connectivity index (χ1n) is 9.73. The number of aryl methyl sites for hydroxylation is 1. The first-order valence-corrected chi connectivity index (χ1v) is 9.73. The van der Waals surface area contributed by atoms with Crippen molar-refractivity contribution in [1.82, 2.24) is 0 Å². The number of benzene rings is 3. The lowest BCUT2D eigenvalue weighted by Crippen LogP contribution is -3.09. The molecule has 3 aromatic carbocycles. The van der Waals surface area contributed by atoms with Crippen molar-refractivity contribution in [2.75, 3.05) is 19.2 Å². The maximum atomic E-state index is 13.2. The highest BCUT2D eigenvalue weighted by Crippen LogP contribution is 2.32. The van der Waals surface area contributed by atoms with Crippen LogP contribution in [0.25, 0.3) is 0 Å². The van der Waals surface area contributed by atoms with Gasteiger partial charge in [-0.3, -0.25) is 4.79 Å². The molecule has 5 nitrogen and oxygen atoms in total. The predicted octanol–water partition coefficient (Wildman–Crippen LogP) is 3.12. The van der Waals surface area contributed by atoms with Crippen molar-refractivity contribution in [2.24, 2.45) is 0 Å². The third kappa shape index (κ3) is 4.41. The van der Waals surface area contributed by atoms with E-state index in [1.165, 1.54) is 0 Å². The van der Waals surface area contributed by atoms with Gasteiger partial charge in [0.05, 0.1) is 7.05 Å². The third-order valence-corrected chi connectivity index (χ3v) is 5.13. The van der Waals surface area contributed by atoms with Gasteiger partial charge in [-0.1, -0.05) is 48.0 Å². The van der Waals surface area contributed by atoms with Gasteiger partial charge in [-0.05, 0) is 37.3 Å². The van der Waals surface area contributed by atoms with Crippen LogP contribution in [0.3, 0.4) is 0 Å². The molecule has 0 saturated carbocycles. The van der Waals surface area contributed by atoms with Gasteiger partial charge in [0, 0.05) is 16.8 Å². The lowest BCUT2D eigenvalue weighted by atomic mass is 10.0. The number of amides is 1. The van der Waals surface area contributed by atoms with Crippen LogP contribution in [0.15, 0.2) is 72.8 Å². The number of ether oxygens (including phenoxy) is 2. The van der Waals surface area contributed by atoms with Crippen LogP contribution in [-0.4, -0.2) is 19.7 Å². The summed E-state index contributed by atoms with van der Waals surface area (Å²) in [7, 11) is 2.04. The molecule has 3 aromatic rings. The average Bonchev–Trinajstić information content (AvgIpc) is 3.18. The SMILES string of the molecule is Cc1ccc(NC(=O)[C@H](c2ccccc2)[NH+](C)Cc2ccc3c(c2)OCO3)cc1. The van der Waals surface area contributed by atoms with Crippen LogP contribution in [0.4, 0.5) is 5.69 Å². The molecule has 0 radical (unpaired) electrons. The summed E-state index contributed by atoms with van der Waals surface area (Å²) in [5.41, 5.74) is 4.04. The first kappa shape index (κ1) is 19.0. The van der Waals surface area contributed by atoms with E-state index < -0.39 is 0 Å². The van der Waals surface area contributed by atoms with Gasteiger partial charge in [-0.2, -0.15) is 0 Å². The number of nitrogens with one attached hydrogen (secondary N) is 2. The van der Waals surface area contributed by atoms with E-state index in [4.69, 9.17) is 9.47 Å². The Morgan fingerprint density at radius 3 is 2.48 bits per heavy atom. The minimum Gasteiger partial charge on any atom is -0.454 e. The maximum absolute atomic E-state index is 13.2. The number of anilines is 1. The predicted molar refractivity (Wildman–Crippen MR) is 112 cm³/mol. The Morgan fingerprint density at radius 2 is 1.72 bits per heavy atom. The number of quaternary nitrogens is 1. The Morgan fingerprint density at radius 1 is 1.00 bits per heavy atom. The van der Waals surface area contributed by atoms with Gasteiger partial charge in [0.25, 0.3) is 5.91 Å². The van der Waals surface area contributed by atoms with Gasteiger partial charge < -0.3 is 19.7 Å². The summed E-state index contributed by atoms with van der Waals surface area (Å²) in [6.45, 7) is 2.96. The zero-order valence-corrected chi connectivity index (χ0v) is 16.6. The minimum atomic E-state index is -0.345. The van der Waals surface area contributed by atoms with E-state index in [1.54, 1.807) is 0 Å². The van der Waals surface area contributed by atoms with Crippen molar-refractivity contribution < 1.29 is 19.2 Å². The topological polar surface area (TPSA) is 52.0 Å². The fourth-order valence-electron chi connectivity index (χ4n) is 3.63. The number of fused-ring (bicyclic) bond motifs is 1. The van der Waals surface area contributed by atoms with Gasteiger partial charge in [-0.15, -0.1) is 0 Å². The average molecular weight is 389 g/mol. The van der Waals surface area contributed by atoms with Crippen molar-refractivity contribution in [3.05, 3.63) is 89.5 Å². The van der Waals surface area contributed by atoms with Crippen LogP contribution in [0.1, 0.15) is 22.7 Å². The second-order valence-electron chi connectivity index (χ2n) is 7.41. The summed E-state index contributed by atoms with van der Waals surface area (Å²) < 4.78 is 10.9. The molecule has 1 amide bonds. The van der Waals surface area contributed by atoms with Crippen molar-refractivity contribution >= 4 is 11.6 Å². The van der Waals surface area contributed by atoms with E-state index in [0.717, 1.165) is 38.8 Å². The van der Waals surface area contributed by atoms with E-state index >= 15 is 0 Å². The second kappa shape index (κ2) is 8.37. The molecule has 0 bridgehead atoms. The molecule has 1 unspecified atom stereocenters. The Labute approximate surface area is 170 Å². The highest BCUT2D eigenvalue weighted by atomic mass is 16.7. The number of likely N-dealkylation sites (N-methyl/N-ethyl adjacent to an activating group) is 1. The molecule has 1 aliphatic rings. The van der Waals surface area contributed by atoms with Crippen LogP contribution in [-0.2, 0) is 11.3 Å². The van der Waals surface area contributed by atoms with Crippen LogP contribution in [0.5, 0.6) is 11.5 Å². The standard InChI is InChI=1S/C24H24N2O3/c1-17-8-11-20(12-9-17)25-24(27)23(19-6-4-3-5-7-19)26(2)15-18-10-13-21-22(14-18)29-16-28-21/h3-14,23H,15-16H2,1-2H3,(H,25,27)/p+1/t23-/m0/s1. The Balaban J connectivity index is 1.56. The van der Waals surface area contributed by atoms with Gasteiger partial charge in [0.1, 0.15) is 6.54 Å². The molecule has 2 N–H and O–H groups in total. The molecule has 0 fully saturated rings. The number of hydrogen-bond donors (Lipinski definition) is 2. The Bertz CT molecular complexity index is 987. The summed E-state index contributed by atoms with van der Waals surface area (Å²) in [5, 5.41) is 3.07. The third-order valence-electron chi connectivity index (χ3n) is 5.13. The molecule has 0 saturated heterocycles. The highest BCUT2D eigenvalue weighted by Gasteiger charge is 2.29. The zero-order chi connectivity index (χ0) is 20.2. The summed E-state index contributed by atoms with van der Waals surface area (Å²) >= 11 is 0. The Kier molecular flexibility index (Phi) is 5.49.